The molecule has 1 N–H and O–H groups in total. The van der Waals surface area contributed by atoms with Gasteiger partial charge in [-0.2, -0.15) is 5.10 Å². The Labute approximate surface area is 203 Å². The Morgan fingerprint density at radius 1 is 0.857 bits per heavy atom. The minimum Gasteiger partial charge on any atom is -0.493 e. The zero-order chi connectivity index (χ0) is 24.5. The maximum absolute atomic E-state index is 12.4. The third-order valence-electron chi connectivity index (χ3n) is 5.24. The third kappa shape index (κ3) is 6.42. The molecule has 0 spiro atoms. The Bertz CT molecular complexity index is 1390. The zero-order valence-electron chi connectivity index (χ0n) is 19.2. The summed E-state index contributed by atoms with van der Waals surface area (Å²) in [7, 11) is 1.49. The predicted molar refractivity (Wildman–Crippen MR) is 137 cm³/mol. The number of carbonyl (C=O) groups is 2. The Kier molecular flexibility index (Phi) is 7.66. The average Bonchev–Trinajstić information content (AvgIpc) is 2.89. The number of amides is 1. The van der Waals surface area contributed by atoms with E-state index in [0.29, 0.717) is 11.3 Å². The van der Waals surface area contributed by atoms with Gasteiger partial charge in [-0.1, -0.05) is 72.8 Å². The molecule has 174 valence electrons. The van der Waals surface area contributed by atoms with Crippen LogP contribution in [0.15, 0.2) is 102 Å². The molecule has 1 amide bonds. The molecule has 35 heavy (non-hydrogen) atoms. The van der Waals surface area contributed by atoms with E-state index in [-0.39, 0.29) is 18.1 Å². The highest BCUT2D eigenvalue weighted by Crippen LogP contribution is 2.28. The number of hydrogen-bond donors (Lipinski definition) is 1. The van der Waals surface area contributed by atoms with Crippen molar-refractivity contribution < 1.29 is 19.1 Å². The van der Waals surface area contributed by atoms with Gasteiger partial charge in [0.05, 0.1) is 19.7 Å². The first kappa shape index (κ1) is 23.4. The number of hydrazone groups is 1. The Hall–Kier alpha value is -4.71. The SMILES string of the molecule is COc1cc(/C=N\NC(=O)Cc2cccc3ccccc23)ccc1OC(=O)/C=C/c1ccccc1. The molecule has 0 aromatic heterocycles. The molecule has 0 saturated carbocycles. The molecule has 0 radical (unpaired) electrons. The van der Waals surface area contributed by atoms with Crippen molar-refractivity contribution in [3.63, 3.8) is 0 Å². The molecule has 0 aliphatic heterocycles. The van der Waals surface area contributed by atoms with Crippen molar-refractivity contribution in [3.05, 3.63) is 114 Å². The van der Waals surface area contributed by atoms with E-state index in [2.05, 4.69) is 10.5 Å². The Morgan fingerprint density at radius 2 is 1.63 bits per heavy atom. The molecule has 0 saturated heterocycles. The maximum Gasteiger partial charge on any atom is 0.336 e. The number of carbonyl (C=O) groups excluding carboxylic acids is 2. The van der Waals surface area contributed by atoms with Crippen LogP contribution in [0, 0.1) is 0 Å². The number of methoxy groups -OCH3 is 1. The van der Waals surface area contributed by atoms with Gasteiger partial charge in [0, 0.05) is 6.08 Å². The molecule has 0 bridgehead atoms. The summed E-state index contributed by atoms with van der Waals surface area (Å²) in [6.07, 6.45) is 4.75. The van der Waals surface area contributed by atoms with Gasteiger partial charge >= 0.3 is 5.97 Å². The molecular weight excluding hydrogens is 440 g/mol. The number of ether oxygens (including phenoxy) is 2. The normalized spacial score (nSPS) is 11.1. The average molecular weight is 465 g/mol. The van der Waals surface area contributed by atoms with Gasteiger partial charge in [0.25, 0.3) is 0 Å². The smallest absolute Gasteiger partial charge is 0.336 e. The molecule has 4 rings (SSSR count). The van der Waals surface area contributed by atoms with E-state index < -0.39 is 5.97 Å². The lowest BCUT2D eigenvalue weighted by Gasteiger charge is -2.08. The minimum atomic E-state index is -0.519. The summed E-state index contributed by atoms with van der Waals surface area (Å²) in [4.78, 5) is 24.6. The monoisotopic (exact) mass is 464 g/mol. The largest absolute Gasteiger partial charge is 0.493 e. The Morgan fingerprint density at radius 3 is 2.46 bits per heavy atom. The fourth-order valence-corrected chi connectivity index (χ4v) is 3.56. The van der Waals surface area contributed by atoms with Crippen LogP contribution in [0.3, 0.4) is 0 Å². The van der Waals surface area contributed by atoms with Crippen molar-refractivity contribution in [3.8, 4) is 11.5 Å². The first-order valence-corrected chi connectivity index (χ1v) is 11.0. The molecule has 0 heterocycles. The van der Waals surface area contributed by atoms with E-state index in [9.17, 15) is 9.59 Å². The Balaban J connectivity index is 1.36. The fraction of sp³-hybridized carbons (Fsp3) is 0.0690. The highest BCUT2D eigenvalue weighted by atomic mass is 16.6. The highest BCUT2D eigenvalue weighted by molar-refractivity contribution is 5.91. The van der Waals surface area contributed by atoms with E-state index in [1.807, 2.05) is 72.8 Å². The second-order valence-electron chi connectivity index (χ2n) is 7.68. The lowest BCUT2D eigenvalue weighted by atomic mass is 10.0. The van der Waals surface area contributed by atoms with Gasteiger partial charge in [-0.25, -0.2) is 10.2 Å². The summed E-state index contributed by atoms with van der Waals surface area (Å²) in [6, 6.07) is 28.3. The van der Waals surface area contributed by atoms with E-state index in [1.165, 1.54) is 19.4 Å². The van der Waals surface area contributed by atoms with E-state index in [4.69, 9.17) is 9.47 Å². The van der Waals surface area contributed by atoms with Gasteiger partial charge in [0.2, 0.25) is 5.91 Å². The van der Waals surface area contributed by atoms with Gasteiger partial charge in [0.1, 0.15) is 0 Å². The molecule has 0 unspecified atom stereocenters. The highest BCUT2D eigenvalue weighted by Gasteiger charge is 2.09. The predicted octanol–water partition coefficient (Wildman–Crippen LogP) is 5.16. The summed E-state index contributed by atoms with van der Waals surface area (Å²) < 4.78 is 10.7. The number of benzene rings is 4. The van der Waals surface area contributed by atoms with Gasteiger partial charge in [-0.15, -0.1) is 0 Å². The molecule has 6 heteroatoms. The summed E-state index contributed by atoms with van der Waals surface area (Å²) >= 11 is 0. The number of fused-ring (bicyclic) bond motifs is 1. The number of nitrogens with one attached hydrogen (secondary N) is 1. The number of esters is 1. The standard InChI is InChI=1S/C29H24N2O4/c1-34-27-18-22(14-16-26(27)35-29(33)17-15-21-8-3-2-4-9-21)20-30-31-28(32)19-24-12-7-11-23-10-5-6-13-25(23)24/h2-18,20H,19H2,1H3,(H,31,32)/b17-15+,30-20-. The van der Waals surface area contributed by atoms with Crippen LogP contribution in [0.5, 0.6) is 11.5 Å². The van der Waals surface area contributed by atoms with Gasteiger partial charge < -0.3 is 9.47 Å². The van der Waals surface area contributed by atoms with Crippen LogP contribution < -0.4 is 14.9 Å². The van der Waals surface area contributed by atoms with E-state index in [0.717, 1.165) is 21.9 Å². The van der Waals surface area contributed by atoms with Crippen LogP contribution in [0.2, 0.25) is 0 Å². The van der Waals surface area contributed by atoms with Gasteiger partial charge in [-0.05, 0) is 51.7 Å². The van der Waals surface area contributed by atoms with Crippen LogP contribution in [-0.4, -0.2) is 25.2 Å². The van der Waals surface area contributed by atoms with Crippen LogP contribution in [0.4, 0.5) is 0 Å². The molecule has 4 aromatic rings. The third-order valence-corrected chi connectivity index (χ3v) is 5.24. The van der Waals surface area contributed by atoms with Crippen molar-refractivity contribution in [1.29, 1.82) is 0 Å². The molecule has 0 aliphatic carbocycles. The number of rotatable bonds is 8. The van der Waals surface area contributed by atoms with E-state index >= 15 is 0 Å². The zero-order valence-corrected chi connectivity index (χ0v) is 19.2. The lowest BCUT2D eigenvalue weighted by Crippen LogP contribution is -2.19. The second-order valence-corrected chi connectivity index (χ2v) is 7.68. The molecule has 0 fully saturated rings. The molecular formula is C29H24N2O4. The molecule has 4 aromatic carbocycles. The minimum absolute atomic E-state index is 0.216. The van der Waals surface area contributed by atoms with Gasteiger partial charge in [0.15, 0.2) is 11.5 Å². The van der Waals surface area contributed by atoms with Crippen molar-refractivity contribution in [2.45, 2.75) is 6.42 Å². The second kappa shape index (κ2) is 11.4. The summed E-state index contributed by atoms with van der Waals surface area (Å²) in [5, 5.41) is 6.18. The topological polar surface area (TPSA) is 77.0 Å². The summed E-state index contributed by atoms with van der Waals surface area (Å²) in [5.41, 5.74) is 5.06. The lowest BCUT2D eigenvalue weighted by molar-refractivity contribution is -0.129. The van der Waals surface area contributed by atoms with Crippen LogP contribution in [-0.2, 0) is 16.0 Å². The first-order chi connectivity index (χ1) is 17.1. The first-order valence-electron chi connectivity index (χ1n) is 11.0. The molecule has 0 atom stereocenters. The quantitative estimate of drug-likeness (QED) is 0.128. The number of nitrogens with zero attached hydrogens (tertiary/aromatic N) is 1. The van der Waals surface area contributed by atoms with Crippen molar-refractivity contribution in [2.24, 2.45) is 5.10 Å². The van der Waals surface area contributed by atoms with Crippen LogP contribution in [0.25, 0.3) is 16.8 Å². The summed E-state index contributed by atoms with van der Waals surface area (Å²) in [5.74, 6) is -0.0839. The number of hydrogen-bond acceptors (Lipinski definition) is 5. The molecule has 0 aliphatic rings. The van der Waals surface area contributed by atoms with Crippen LogP contribution >= 0.6 is 0 Å². The van der Waals surface area contributed by atoms with Crippen molar-refractivity contribution in [1.82, 2.24) is 5.43 Å². The van der Waals surface area contributed by atoms with Gasteiger partial charge in [-0.3, -0.25) is 4.79 Å². The van der Waals surface area contributed by atoms with E-state index in [1.54, 1.807) is 24.3 Å². The molecule has 6 nitrogen and oxygen atoms in total. The van der Waals surface area contributed by atoms with Crippen molar-refractivity contribution in [2.75, 3.05) is 7.11 Å². The summed E-state index contributed by atoms with van der Waals surface area (Å²) in [6.45, 7) is 0. The maximum atomic E-state index is 12.4. The fourth-order valence-electron chi connectivity index (χ4n) is 3.56. The van der Waals surface area contributed by atoms with Crippen molar-refractivity contribution >= 4 is 34.9 Å². The van der Waals surface area contributed by atoms with Crippen LogP contribution in [0.1, 0.15) is 16.7 Å².